The maximum absolute atomic E-state index is 11.3. The molecule has 20 heavy (non-hydrogen) atoms. The number of benzene rings is 2. The predicted molar refractivity (Wildman–Crippen MR) is 75.9 cm³/mol. The molecule has 1 aliphatic heterocycles. The Kier molecular flexibility index (Phi) is 3.42. The Labute approximate surface area is 118 Å². The van der Waals surface area contributed by atoms with Crippen molar-refractivity contribution in [1.82, 2.24) is 0 Å². The fourth-order valence-electron chi connectivity index (χ4n) is 2.31. The second-order valence-corrected chi connectivity index (χ2v) is 5.02. The molecule has 0 atom stereocenters. The van der Waals surface area contributed by atoms with Crippen molar-refractivity contribution < 1.29 is 14.3 Å². The van der Waals surface area contributed by atoms with Gasteiger partial charge in [0.15, 0.2) is 0 Å². The molecule has 0 N–H and O–H groups in total. The maximum atomic E-state index is 11.3. The van der Waals surface area contributed by atoms with Crippen molar-refractivity contribution in [3.63, 3.8) is 0 Å². The van der Waals surface area contributed by atoms with Crippen LogP contribution in [0.3, 0.4) is 0 Å². The summed E-state index contributed by atoms with van der Waals surface area (Å²) in [5, 5.41) is 0. The monoisotopic (exact) mass is 268 g/mol. The lowest BCUT2D eigenvalue weighted by Crippen LogP contribution is -2.15. The fourth-order valence-corrected chi connectivity index (χ4v) is 2.31. The summed E-state index contributed by atoms with van der Waals surface area (Å²) in [6, 6.07) is 13.9. The van der Waals surface area contributed by atoms with Crippen LogP contribution >= 0.6 is 0 Å². The van der Waals surface area contributed by atoms with Crippen molar-refractivity contribution in [1.29, 1.82) is 0 Å². The number of aryl methyl sites for hydroxylation is 2. The zero-order chi connectivity index (χ0) is 13.9. The predicted octanol–water partition coefficient (Wildman–Crippen LogP) is 3.43. The van der Waals surface area contributed by atoms with E-state index in [1.165, 1.54) is 5.56 Å². The fraction of sp³-hybridized carbons (Fsp3) is 0.235. The third-order valence-corrected chi connectivity index (χ3v) is 3.35. The quantitative estimate of drug-likeness (QED) is 0.632. The highest BCUT2D eigenvalue weighted by atomic mass is 16.5. The lowest BCUT2D eigenvalue weighted by atomic mass is 10.1. The van der Waals surface area contributed by atoms with Crippen molar-refractivity contribution in [2.24, 2.45) is 0 Å². The van der Waals surface area contributed by atoms with Gasteiger partial charge in [-0.15, -0.1) is 0 Å². The number of esters is 1. The largest absolute Gasteiger partial charge is 0.489 e. The number of carbonyl (C=O) groups is 1. The molecule has 0 spiro atoms. The standard InChI is InChI=1S/C17H16O3/c1-12-3-2-4-13(9-12)11-19-15-7-5-14-6-8-17(18)20-16(14)10-15/h2-5,7,9-10H,6,8,11H2,1H3. The molecule has 3 rings (SSSR count). The molecule has 0 radical (unpaired) electrons. The van der Waals surface area contributed by atoms with E-state index in [4.69, 9.17) is 9.47 Å². The normalized spacial score (nSPS) is 13.6. The molecule has 2 aromatic carbocycles. The van der Waals surface area contributed by atoms with Gasteiger partial charge in [0.25, 0.3) is 0 Å². The van der Waals surface area contributed by atoms with Crippen LogP contribution in [0.5, 0.6) is 11.5 Å². The molecule has 102 valence electrons. The van der Waals surface area contributed by atoms with Crippen molar-refractivity contribution in [2.45, 2.75) is 26.4 Å². The number of hydrogen-bond donors (Lipinski definition) is 0. The van der Waals surface area contributed by atoms with Crippen molar-refractivity contribution in [2.75, 3.05) is 0 Å². The third-order valence-electron chi connectivity index (χ3n) is 3.35. The third kappa shape index (κ3) is 2.82. The zero-order valence-electron chi connectivity index (χ0n) is 11.4. The highest BCUT2D eigenvalue weighted by Gasteiger charge is 2.17. The van der Waals surface area contributed by atoms with Crippen LogP contribution in [0.15, 0.2) is 42.5 Å². The summed E-state index contributed by atoms with van der Waals surface area (Å²) in [7, 11) is 0. The van der Waals surface area contributed by atoms with Crippen LogP contribution < -0.4 is 9.47 Å². The minimum absolute atomic E-state index is 0.173. The number of fused-ring (bicyclic) bond motifs is 1. The van der Waals surface area contributed by atoms with Crippen LogP contribution in [0.25, 0.3) is 0 Å². The average molecular weight is 268 g/mol. The van der Waals surface area contributed by atoms with Gasteiger partial charge >= 0.3 is 5.97 Å². The second-order valence-electron chi connectivity index (χ2n) is 5.02. The number of ether oxygens (including phenoxy) is 2. The zero-order valence-corrected chi connectivity index (χ0v) is 11.4. The molecule has 1 heterocycles. The van der Waals surface area contributed by atoms with Gasteiger partial charge in [-0.25, -0.2) is 0 Å². The summed E-state index contributed by atoms with van der Waals surface area (Å²) in [6.07, 6.45) is 1.20. The van der Waals surface area contributed by atoms with E-state index in [9.17, 15) is 4.79 Å². The van der Waals surface area contributed by atoms with Crippen LogP contribution in [0.1, 0.15) is 23.1 Å². The first-order valence-electron chi connectivity index (χ1n) is 6.73. The lowest BCUT2D eigenvalue weighted by molar-refractivity contribution is -0.135. The summed E-state index contributed by atoms with van der Waals surface area (Å²) >= 11 is 0. The van der Waals surface area contributed by atoms with Gasteiger partial charge in [0.1, 0.15) is 18.1 Å². The molecule has 2 aromatic rings. The number of rotatable bonds is 3. The van der Waals surface area contributed by atoms with E-state index >= 15 is 0 Å². The van der Waals surface area contributed by atoms with E-state index in [1.54, 1.807) is 6.07 Å². The van der Waals surface area contributed by atoms with E-state index in [-0.39, 0.29) is 5.97 Å². The lowest BCUT2D eigenvalue weighted by Gasteiger charge is -2.16. The van der Waals surface area contributed by atoms with Gasteiger partial charge in [-0.3, -0.25) is 4.79 Å². The Morgan fingerprint density at radius 2 is 2.05 bits per heavy atom. The Hall–Kier alpha value is -2.29. The molecule has 0 amide bonds. The molecule has 1 aliphatic rings. The Balaban J connectivity index is 1.72. The molecule has 0 unspecified atom stereocenters. The van der Waals surface area contributed by atoms with Crippen molar-refractivity contribution >= 4 is 5.97 Å². The Bertz CT molecular complexity index is 646. The van der Waals surface area contributed by atoms with Crippen molar-refractivity contribution in [3.8, 4) is 11.5 Å². The number of carbonyl (C=O) groups excluding carboxylic acids is 1. The molecule has 0 bridgehead atoms. The molecule has 3 nitrogen and oxygen atoms in total. The second kappa shape index (κ2) is 5.37. The van der Waals surface area contributed by atoms with Gasteiger partial charge in [0.05, 0.1) is 6.42 Å². The van der Waals surface area contributed by atoms with E-state index in [1.807, 2.05) is 24.3 Å². The number of hydrogen-bond acceptors (Lipinski definition) is 3. The van der Waals surface area contributed by atoms with Gasteiger partial charge < -0.3 is 9.47 Å². The van der Waals surface area contributed by atoms with Crippen molar-refractivity contribution in [3.05, 3.63) is 59.2 Å². The summed E-state index contributed by atoms with van der Waals surface area (Å²) in [4.78, 5) is 11.3. The first-order valence-corrected chi connectivity index (χ1v) is 6.73. The Morgan fingerprint density at radius 1 is 1.15 bits per heavy atom. The Morgan fingerprint density at radius 3 is 2.90 bits per heavy atom. The van der Waals surface area contributed by atoms with E-state index < -0.39 is 0 Å². The summed E-state index contributed by atoms with van der Waals surface area (Å²) < 4.78 is 11.0. The molecule has 0 saturated carbocycles. The van der Waals surface area contributed by atoms with Crippen LogP contribution in [0, 0.1) is 6.92 Å². The molecule has 0 aliphatic carbocycles. The molecule has 0 aromatic heterocycles. The molecular formula is C17H16O3. The van der Waals surface area contributed by atoms with Gasteiger partial charge in [0, 0.05) is 6.07 Å². The molecular weight excluding hydrogens is 252 g/mol. The molecule has 0 saturated heterocycles. The van der Waals surface area contributed by atoms with Gasteiger partial charge in [-0.2, -0.15) is 0 Å². The van der Waals surface area contributed by atoms with Crippen LogP contribution in [-0.2, 0) is 17.8 Å². The minimum Gasteiger partial charge on any atom is -0.489 e. The average Bonchev–Trinajstić information content (AvgIpc) is 2.45. The van der Waals surface area contributed by atoms with Crippen LogP contribution in [0.2, 0.25) is 0 Å². The first kappa shape index (κ1) is 12.7. The summed E-state index contributed by atoms with van der Waals surface area (Å²) in [5.41, 5.74) is 3.40. The molecule has 0 fully saturated rings. The minimum atomic E-state index is -0.173. The van der Waals surface area contributed by atoms with Crippen LogP contribution in [0.4, 0.5) is 0 Å². The SMILES string of the molecule is Cc1cccc(COc2ccc3c(c2)OC(=O)CC3)c1. The van der Waals surface area contributed by atoms with E-state index in [0.29, 0.717) is 18.8 Å². The highest BCUT2D eigenvalue weighted by molar-refractivity contribution is 5.75. The topological polar surface area (TPSA) is 35.5 Å². The smallest absolute Gasteiger partial charge is 0.311 e. The first-order chi connectivity index (χ1) is 9.70. The van der Waals surface area contributed by atoms with E-state index in [2.05, 4.69) is 19.1 Å². The highest BCUT2D eigenvalue weighted by Crippen LogP contribution is 2.29. The van der Waals surface area contributed by atoms with E-state index in [0.717, 1.165) is 23.3 Å². The van der Waals surface area contributed by atoms with Gasteiger partial charge in [-0.1, -0.05) is 35.9 Å². The van der Waals surface area contributed by atoms with Crippen LogP contribution in [-0.4, -0.2) is 5.97 Å². The van der Waals surface area contributed by atoms with Gasteiger partial charge in [-0.05, 0) is 30.5 Å². The maximum Gasteiger partial charge on any atom is 0.311 e. The molecule has 3 heteroatoms. The van der Waals surface area contributed by atoms with Gasteiger partial charge in [0.2, 0.25) is 0 Å². The summed E-state index contributed by atoms with van der Waals surface area (Å²) in [6.45, 7) is 2.57. The summed E-state index contributed by atoms with van der Waals surface area (Å²) in [5.74, 6) is 1.18.